The third-order valence-corrected chi connectivity index (χ3v) is 3.72. The molecule has 0 unspecified atom stereocenters. The lowest BCUT2D eigenvalue weighted by Crippen LogP contribution is -2.12. The molecule has 0 bridgehead atoms. The lowest BCUT2D eigenvalue weighted by Gasteiger charge is -2.09. The van der Waals surface area contributed by atoms with Crippen LogP contribution in [0.4, 0.5) is 5.69 Å². The van der Waals surface area contributed by atoms with Gasteiger partial charge in [-0.15, -0.1) is 0 Å². The number of carboxylic acid groups (broad SMARTS) is 1. The first-order valence-electron chi connectivity index (χ1n) is 5.48. The van der Waals surface area contributed by atoms with Crippen LogP contribution in [-0.2, 0) is 0 Å². The average Bonchev–Trinajstić information content (AvgIpc) is 2.83. The number of hydrogen-bond acceptors (Lipinski definition) is 3. The van der Waals surface area contributed by atoms with Crippen LogP contribution in [0.5, 0.6) is 0 Å². The molecule has 0 aliphatic carbocycles. The molecule has 1 aromatic carbocycles. The molecule has 5 nitrogen and oxygen atoms in total. The lowest BCUT2D eigenvalue weighted by atomic mass is 10.2. The summed E-state index contributed by atoms with van der Waals surface area (Å²) in [6, 6.07) is 6.25. The Balaban J connectivity index is 2.25. The Morgan fingerprint density at radius 1 is 1.15 bits per heavy atom. The number of carbonyl (C=O) groups is 2. The molecule has 0 fully saturated rings. The molecule has 2 rings (SSSR count). The molecule has 0 aliphatic heterocycles. The summed E-state index contributed by atoms with van der Waals surface area (Å²) in [5.74, 6) is -2.09. The number of halogens is 2. The van der Waals surface area contributed by atoms with Crippen LogP contribution in [0.1, 0.15) is 26.7 Å². The Kier molecular flexibility index (Phi) is 4.29. The van der Waals surface area contributed by atoms with Crippen molar-refractivity contribution in [2.24, 2.45) is 0 Å². The van der Waals surface area contributed by atoms with E-state index in [0.29, 0.717) is 14.6 Å². The van der Waals surface area contributed by atoms with Crippen LogP contribution >= 0.6 is 31.9 Å². The molecule has 20 heavy (non-hydrogen) atoms. The van der Waals surface area contributed by atoms with E-state index in [0.717, 1.165) is 5.56 Å². The van der Waals surface area contributed by atoms with Gasteiger partial charge in [0, 0.05) is 8.95 Å². The molecular weight excluding hydrogens is 394 g/mol. The van der Waals surface area contributed by atoms with Gasteiger partial charge in [-0.25, -0.2) is 4.79 Å². The molecule has 1 aromatic heterocycles. The van der Waals surface area contributed by atoms with Crippen molar-refractivity contribution in [3.8, 4) is 0 Å². The van der Waals surface area contributed by atoms with Crippen molar-refractivity contribution in [1.82, 2.24) is 0 Å². The summed E-state index contributed by atoms with van der Waals surface area (Å²) in [7, 11) is 0. The van der Waals surface area contributed by atoms with Gasteiger partial charge in [-0.2, -0.15) is 0 Å². The van der Waals surface area contributed by atoms with Gasteiger partial charge in [-0.3, -0.25) is 4.79 Å². The Bertz CT molecular complexity index is 670. The number of aromatic carboxylic acids is 1. The molecule has 0 atom stereocenters. The Morgan fingerprint density at radius 3 is 2.20 bits per heavy atom. The van der Waals surface area contributed by atoms with Gasteiger partial charge < -0.3 is 14.8 Å². The van der Waals surface area contributed by atoms with E-state index in [4.69, 9.17) is 9.52 Å². The van der Waals surface area contributed by atoms with E-state index in [9.17, 15) is 9.59 Å². The molecule has 0 saturated heterocycles. The molecule has 0 radical (unpaired) electrons. The van der Waals surface area contributed by atoms with Crippen molar-refractivity contribution in [1.29, 1.82) is 0 Å². The summed E-state index contributed by atoms with van der Waals surface area (Å²) in [6.45, 7) is 1.92. The first-order valence-corrected chi connectivity index (χ1v) is 7.07. The Hall–Kier alpha value is -1.60. The second-order valence-electron chi connectivity index (χ2n) is 4.03. The third-order valence-electron chi connectivity index (χ3n) is 2.47. The predicted molar refractivity (Wildman–Crippen MR) is 80.2 cm³/mol. The van der Waals surface area contributed by atoms with Crippen molar-refractivity contribution in [2.75, 3.05) is 5.32 Å². The zero-order chi connectivity index (χ0) is 14.9. The van der Waals surface area contributed by atoms with E-state index in [2.05, 4.69) is 37.2 Å². The number of aryl methyl sites for hydroxylation is 1. The number of carbonyl (C=O) groups excluding carboxylic acids is 1. The summed E-state index contributed by atoms with van der Waals surface area (Å²) >= 11 is 6.72. The summed E-state index contributed by atoms with van der Waals surface area (Å²) in [6.07, 6.45) is 0. The quantitative estimate of drug-likeness (QED) is 0.811. The minimum atomic E-state index is -1.22. The number of nitrogens with one attached hydrogen (secondary N) is 1. The summed E-state index contributed by atoms with van der Waals surface area (Å²) in [5.41, 5.74) is 1.57. The van der Waals surface area contributed by atoms with Crippen LogP contribution in [0.3, 0.4) is 0 Å². The molecule has 1 amide bonds. The van der Waals surface area contributed by atoms with Crippen molar-refractivity contribution in [2.45, 2.75) is 6.92 Å². The van der Waals surface area contributed by atoms with Crippen LogP contribution in [0.15, 0.2) is 37.6 Å². The van der Waals surface area contributed by atoms with Crippen molar-refractivity contribution >= 4 is 49.4 Å². The highest BCUT2D eigenvalue weighted by atomic mass is 79.9. The number of anilines is 1. The van der Waals surface area contributed by atoms with Gasteiger partial charge in [0.2, 0.25) is 5.76 Å². The fourth-order valence-corrected chi connectivity index (χ4v) is 3.18. The molecule has 2 N–H and O–H groups in total. The van der Waals surface area contributed by atoms with Crippen molar-refractivity contribution in [3.63, 3.8) is 0 Å². The van der Waals surface area contributed by atoms with Crippen molar-refractivity contribution in [3.05, 3.63) is 50.3 Å². The molecule has 1 heterocycles. The zero-order valence-electron chi connectivity index (χ0n) is 10.2. The summed E-state index contributed by atoms with van der Waals surface area (Å²) in [5, 5.41) is 11.4. The molecule has 0 aliphatic rings. The van der Waals surface area contributed by atoms with Gasteiger partial charge in [-0.05, 0) is 68.6 Å². The van der Waals surface area contributed by atoms with Gasteiger partial charge in [0.15, 0.2) is 5.76 Å². The third kappa shape index (κ3) is 3.10. The number of furan rings is 1. The van der Waals surface area contributed by atoms with Crippen LogP contribution in [0, 0.1) is 6.92 Å². The molecule has 0 saturated carbocycles. The van der Waals surface area contributed by atoms with E-state index in [1.165, 1.54) is 12.1 Å². The normalized spacial score (nSPS) is 10.3. The molecular formula is C13H9Br2NO4. The fourth-order valence-electron chi connectivity index (χ4n) is 1.57. The predicted octanol–water partition coefficient (Wildman–Crippen LogP) is 4.06. The number of rotatable bonds is 3. The van der Waals surface area contributed by atoms with Gasteiger partial charge in [0.1, 0.15) is 0 Å². The highest BCUT2D eigenvalue weighted by Gasteiger charge is 2.17. The second kappa shape index (κ2) is 5.80. The Morgan fingerprint density at radius 2 is 1.70 bits per heavy atom. The average molecular weight is 403 g/mol. The largest absolute Gasteiger partial charge is 0.475 e. The maximum absolute atomic E-state index is 12.0. The second-order valence-corrected chi connectivity index (χ2v) is 5.74. The van der Waals surface area contributed by atoms with Crippen LogP contribution < -0.4 is 5.32 Å². The molecule has 2 aromatic rings. The first-order chi connectivity index (χ1) is 9.38. The van der Waals surface area contributed by atoms with Gasteiger partial charge in [0.05, 0.1) is 5.69 Å². The van der Waals surface area contributed by atoms with Crippen LogP contribution in [0.2, 0.25) is 0 Å². The van der Waals surface area contributed by atoms with E-state index in [1.54, 1.807) is 0 Å². The lowest BCUT2D eigenvalue weighted by molar-refractivity contribution is 0.0660. The van der Waals surface area contributed by atoms with E-state index in [-0.39, 0.29) is 11.5 Å². The SMILES string of the molecule is Cc1cc(Br)c(NC(=O)c2ccc(C(=O)O)o2)c(Br)c1. The number of benzene rings is 1. The minimum absolute atomic E-state index is 0.0678. The monoisotopic (exact) mass is 401 g/mol. The van der Waals surface area contributed by atoms with Gasteiger partial charge in [-0.1, -0.05) is 0 Å². The first kappa shape index (κ1) is 14.8. The summed E-state index contributed by atoms with van der Waals surface area (Å²) < 4.78 is 6.36. The minimum Gasteiger partial charge on any atom is -0.475 e. The van der Waals surface area contributed by atoms with Gasteiger partial charge >= 0.3 is 5.97 Å². The van der Waals surface area contributed by atoms with Crippen LogP contribution in [-0.4, -0.2) is 17.0 Å². The Labute approximate surface area is 131 Å². The van der Waals surface area contributed by atoms with Gasteiger partial charge in [0.25, 0.3) is 5.91 Å². The van der Waals surface area contributed by atoms with E-state index < -0.39 is 11.9 Å². The maximum Gasteiger partial charge on any atom is 0.371 e. The number of hydrogen-bond donors (Lipinski definition) is 2. The van der Waals surface area contributed by atoms with E-state index >= 15 is 0 Å². The topological polar surface area (TPSA) is 79.5 Å². The standard InChI is InChI=1S/C13H9Br2NO4/c1-6-4-7(14)11(8(15)5-6)16-12(17)9-2-3-10(20-9)13(18)19/h2-5H,1H3,(H,16,17)(H,18,19). The highest BCUT2D eigenvalue weighted by Crippen LogP contribution is 2.32. The van der Waals surface area contributed by atoms with Crippen molar-refractivity contribution < 1.29 is 19.1 Å². The maximum atomic E-state index is 12.0. The number of carboxylic acids is 1. The smallest absolute Gasteiger partial charge is 0.371 e. The molecule has 0 spiro atoms. The van der Waals surface area contributed by atoms with Crippen LogP contribution in [0.25, 0.3) is 0 Å². The molecule has 104 valence electrons. The zero-order valence-corrected chi connectivity index (χ0v) is 13.4. The molecule has 7 heteroatoms. The van der Waals surface area contributed by atoms with E-state index in [1.807, 2.05) is 19.1 Å². The summed E-state index contributed by atoms with van der Waals surface area (Å²) in [4.78, 5) is 22.7. The number of amides is 1. The highest BCUT2D eigenvalue weighted by molar-refractivity contribution is 9.11. The fraction of sp³-hybridized carbons (Fsp3) is 0.0769.